The number of aliphatic hydroxyl groups is 1. The monoisotopic (exact) mass is 283 g/mol. The first-order chi connectivity index (χ1) is 9.17. The summed E-state index contributed by atoms with van der Waals surface area (Å²) in [5, 5.41) is 11.1. The second-order valence-electron chi connectivity index (χ2n) is 4.89. The molecule has 1 aliphatic rings. The highest BCUT2D eigenvalue weighted by Gasteiger charge is 2.26. The van der Waals surface area contributed by atoms with E-state index in [1.165, 1.54) is 11.5 Å². The van der Waals surface area contributed by atoms with Gasteiger partial charge in [0.2, 0.25) is 0 Å². The molecule has 1 aromatic heterocycles. The van der Waals surface area contributed by atoms with Crippen LogP contribution in [0.3, 0.4) is 0 Å². The van der Waals surface area contributed by atoms with E-state index in [2.05, 4.69) is 16.2 Å². The van der Waals surface area contributed by atoms with Gasteiger partial charge in [0.15, 0.2) is 0 Å². The van der Waals surface area contributed by atoms with Crippen molar-refractivity contribution in [2.75, 3.05) is 32.8 Å². The fourth-order valence-electron chi connectivity index (χ4n) is 2.46. The van der Waals surface area contributed by atoms with E-state index in [9.17, 15) is 9.90 Å². The van der Waals surface area contributed by atoms with Gasteiger partial charge in [0.25, 0.3) is 5.91 Å². The molecule has 0 saturated carbocycles. The number of amides is 1. The third-order valence-electron chi connectivity index (χ3n) is 3.78. The fourth-order valence-corrected chi connectivity index (χ4v) is 3.15. The first kappa shape index (κ1) is 14.4. The summed E-state index contributed by atoms with van der Waals surface area (Å²) in [5.74, 6) is 0.0861. The second-order valence-corrected chi connectivity index (χ2v) is 5.52. The van der Waals surface area contributed by atoms with Gasteiger partial charge in [-0.2, -0.15) is 4.37 Å². The van der Waals surface area contributed by atoms with Crippen LogP contribution in [0.5, 0.6) is 0 Å². The highest BCUT2D eigenvalue weighted by atomic mass is 32.1. The number of aryl methyl sites for hydroxylation is 1. The van der Waals surface area contributed by atoms with Gasteiger partial charge in [-0.15, -0.1) is 0 Å². The molecule has 1 saturated heterocycles. The van der Waals surface area contributed by atoms with Crippen LogP contribution in [-0.2, 0) is 0 Å². The Bertz CT molecular complexity index is 423. The fraction of sp³-hybridized carbons (Fsp3) is 0.692. The summed E-state index contributed by atoms with van der Waals surface area (Å²) in [5.41, 5.74) is 1.55. The van der Waals surface area contributed by atoms with Crippen molar-refractivity contribution >= 4 is 17.4 Å². The number of nitrogens with zero attached hydrogens (tertiary/aromatic N) is 3. The number of aliphatic hydroxyl groups excluding tert-OH is 1. The van der Waals surface area contributed by atoms with Crippen molar-refractivity contribution in [3.05, 3.63) is 16.6 Å². The Morgan fingerprint density at radius 3 is 2.63 bits per heavy atom. The highest BCUT2D eigenvalue weighted by Crippen LogP contribution is 2.15. The topological polar surface area (TPSA) is 56.7 Å². The summed E-state index contributed by atoms with van der Waals surface area (Å²) in [6.07, 6.45) is 0.942. The third kappa shape index (κ3) is 3.13. The molecule has 1 aromatic rings. The highest BCUT2D eigenvalue weighted by molar-refractivity contribution is 7.03. The average Bonchev–Trinajstić information content (AvgIpc) is 2.86. The number of carbonyl (C=O) groups is 1. The number of carbonyl (C=O) groups excluding carboxylic acids is 1. The second kappa shape index (κ2) is 6.45. The van der Waals surface area contributed by atoms with E-state index in [-0.39, 0.29) is 18.6 Å². The van der Waals surface area contributed by atoms with E-state index < -0.39 is 0 Å². The average molecular weight is 283 g/mol. The maximum absolute atomic E-state index is 12.3. The van der Waals surface area contributed by atoms with Crippen LogP contribution < -0.4 is 0 Å². The molecule has 0 aromatic carbocycles. The molecule has 1 atom stereocenters. The van der Waals surface area contributed by atoms with Gasteiger partial charge in [0.1, 0.15) is 0 Å². The van der Waals surface area contributed by atoms with Gasteiger partial charge < -0.3 is 10.0 Å². The van der Waals surface area contributed by atoms with Gasteiger partial charge in [-0.1, -0.05) is 6.92 Å². The molecule has 1 fully saturated rings. The summed E-state index contributed by atoms with van der Waals surface area (Å²) in [4.78, 5) is 16.5. The summed E-state index contributed by atoms with van der Waals surface area (Å²) in [6, 6.07) is 0.224. The van der Waals surface area contributed by atoms with Gasteiger partial charge in [-0.05, 0) is 24.9 Å². The van der Waals surface area contributed by atoms with Crippen LogP contribution >= 0.6 is 11.5 Å². The lowest BCUT2D eigenvalue weighted by Gasteiger charge is -2.38. The standard InChI is InChI=1S/C13H21N3O2S/c1-3-11(8-17)15-4-6-16(7-5-15)13(18)12-9-19-14-10(12)2/h9,11,17H,3-8H2,1-2H3. The molecule has 1 aliphatic heterocycles. The molecule has 1 unspecified atom stereocenters. The van der Waals surface area contributed by atoms with Crippen molar-refractivity contribution in [2.45, 2.75) is 26.3 Å². The van der Waals surface area contributed by atoms with Crippen molar-refractivity contribution in [2.24, 2.45) is 0 Å². The molecule has 19 heavy (non-hydrogen) atoms. The number of hydrogen-bond acceptors (Lipinski definition) is 5. The molecule has 1 N–H and O–H groups in total. The number of hydrogen-bond donors (Lipinski definition) is 1. The summed E-state index contributed by atoms with van der Waals surface area (Å²) in [7, 11) is 0. The van der Waals surface area contributed by atoms with E-state index in [0.717, 1.165) is 43.9 Å². The molecule has 2 rings (SSSR count). The lowest BCUT2D eigenvalue weighted by atomic mass is 10.1. The van der Waals surface area contributed by atoms with Gasteiger partial charge in [0.05, 0.1) is 17.9 Å². The van der Waals surface area contributed by atoms with Gasteiger partial charge >= 0.3 is 0 Å². The Hall–Kier alpha value is -0.980. The van der Waals surface area contributed by atoms with E-state index in [1.54, 1.807) is 0 Å². The molecule has 2 heterocycles. The Balaban J connectivity index is 1.93. The third-order valence-corrected chi connectivity index (χ3v) is 4.50. The summed E-state index contributed by atoms with van der Waals surface area (Å²) < 4.78 is 4.15. The van der Waals surface area contributed by atoms with Crippen molar-refractivity contribution in [1.82, 2.24) is 14.2 Å². The molecule has 0 bridgehead atoms. The molecule has 0 aliphatic carbocycles. The summed E-state index contributed by atoms with van der Waals surface area (Å²) >= 11 is 1.33. The van der Waals surface area contributed by atoms with Crippen molar-refractivity contribution in [3.8, 4) is 0 Å². The van der Waals surface area contributed by atoms with Crippen molar-refractivity contribution in [1.29, 1.82) is 0 Å². The van der Waals surface area contributed by atoms with Crippen LogP contribution in [0.15, 0.2) is 5.38 Å². The predicted molar refractivity (Wildman–Crippen MR) is 75.5 cm³/mol. The number of piperazine rings is 1. The quantitative estimate of drug-likeness (QED) is 0.895. The first-order valence-electron chi connectivity index (χ1n) is 6.72. The van der Waals surface area contributed by atoms with E-state index in [1.807, 2.05) is 17.2 Å². The SMILES string of the molecule is CCC(CO)N1CCN(C(=O)c2csnc2C)CC1. The molecule has 6 heteroatoms. The molecule has 0 radical (unpaired) electrons. The molecule has 5 nitrogen and oxygen atoms in total. The Morgan fingerprint density at radius 2 is 2.16 bits per heavy atom. The Morgan fingerprint density at radius 1 is 1.47 bits per heavy atom. The molecular weight excluding hydrogens is 262 g/mol. The minimum atomic E-state index is 0.0861. The lowest BCUT2D eigenvalue weighted by molar-refractivity contribution is 0.0472. The van der Waals surface area contributed by atoms with Gasteiger partial charge in [0, 0.05) is 37.6 Å². The first-order valence-corrected chi connectivity index (χ1v) is 7.56. The molecule has 1 amide bonds. The van der Waals surface area contributed by atoms with Gasteiger partial charge in [-0.25, -0.2) is 0 Å². The van der Waals surface area contributed by atoms with Crippen molar-refractivity contribution < 1.29 is 9.90 Å². The molecule has 0 spiro atoms. The van der Waals surface area contributed by atoms with Crippen LogP contribution in [0.4, 0.5) is 0 Å². The zero-order chi connectivity index (χ0) is 13.8. The predicted octanol–water partition coefficient (Wildman–Crippen LogP) is 0.980. The van der Waals surface area contributed by atoms with Gasteiger partial charge in [-0.3, -0.25) is 9.69 Å². The van der Waals surface area contributed by atoms with Crippen LogP contribution in [0.2, 0.25) is 0 Å². The van der Waals surface area contributed by atoms with Crippen LogP contribution in [0.1, 0.15) is 29.4 Å². The van der Waals surface area contributed by atoms with E-state index in [0.29, 0.717) is 0 Å². The molecular formula is C13H21N3O2S. The Kier molecular flexibility index (Phi) is 4.90. The largest absolute Gasteiger partial charge is 0.395 e. The lowest BCUT2D eigenvalue weighted by Crippen LogP contribution is -2.52. The van der Waals surface area contributed by atoms with Crippen LogP contribution in [0, 0.1) is 6.92 Å². The maximum Gasteiger partial charge on any atom is 0.256 e. The zero-order valence-corrected chi connectivity index (χ0v) is 12.3. The van der Waals surface area contributed by atoms with E-state index in [4.69, 9.17) is 0 Å². The zero-order valence-electron chi connectivity index (χ0n) is 11.5. The molecule has 106 valence electrons. The number of aromatic nitrogens is 1. The van der Waals surface area contributed by atoms with Crippen LogP contribution in [0.25, 0.3) is 0 Å². The van der Waals surface area contributed by atoms with Crippen molar-refractivity contribution in [3.63, 3.8) is 0 Å². The smallest absolute Gasteiger partial charge is 0.256 e. The maximum atomic E-state index is 12.3. The Labute approximate surface area is 118 Å². The number of rotatable bonds is 4. The normalized spacial score (nSPS) is 18.6. The summed E-state index contributed by atoms with van der Waals surface area (Å²) in [6.45, 7) is 7.27. The minimum Gasteiger partial charge on any atom is -0.395 e. The minimum absolute atomic E-state index is 0.0861. The van der Waals surface area contributed by atoms with E-state index >= 15 is 0 Å². The van der Waals surface area contributed by atoms with Crippen LogP contribution in [-0.4, -0.2) is 64.0 Å².